The van der Waals surface area contributed by atoms with Crippen molar-refractivity contribution in [2.24, 2.45) is 17.8 Å². The second-order valence-electron chi connectivity index (χ2n) is 12.0. The molecule has 0 radical (unpaired) electrons. The van der Waals surface area contributed by atoms with Gasteiger partial charge in [0.05, 0.1) is 5.54 Å². The third kappa shape index (κ3) is 8.72. The van der Waals surface area contributed by atoms with Crippen molar-refractivity contribution in [3.05, 3.63) is 35.4 Å². The Kier molecular flexibility index (Phi) is 13.3. The summed E-state index contributed by atoms with van der Waals surface area (Å²) < 4.78 is 35.3. The fraction of sp³-hybridized carbons (Fsp3) is 0.750. The number of amides is 2. The van der Waals surface area contributed by atoms with Crippen molar-refractivity contribution in [3.8, 4) is 0 Å². The number of benzene rings is 1. The van der Waals surface area contributed by atoms with Crippen LogP contribution < -0.4 is 10.6 Å². The van der Waals surface area contributed by atoms with Crippen LogP contribution in [-0.2, 0) is 19.9 Å². The van der Waals surface area contributed by atoms with Gasteiger partial charge in [0.2, 0.25) is 11.8 Å². The van der Waals surface area contributed by atoms with Crippen LogP contribution in [0.4, 0.5) is 8.78 Å². The summed E-state index contributed by atoms with van der Waals surface area (Å²) in [4.78, 5) is 28.5. The molecule has 1 aromatic rings. The van der Waals surface area contributed by atoms with E-state index in [2.05, 4.69) is 10.6 Å². The minimum absolute atomic E-state index is 0.121. The molecule has 40 heavy (non-hydrogen) atoms. The Bertz CT molecular complexity index is 940. The topological polar surface area (TPSA) is 70.7 Å². The molecule has 2 N–H and O–H groups in total. The molecule has 226 valence electrons. The summed E-state index contributed by atoms with van der Waals surface area (Å²) in [5, 5.41) is 6.44. The predicted molar refractivity (Wildman–Crippen MR) is 155 cm³/mol. The Morgan fingerprint density at radius 3 is 2.60 bits per heavy atom. The van der Waals surface area contributed by atoms with E-state index in [-0.39, 0.29) is 35.6 Å². The largest absolute Gasteiger partial charge is 0.385 e. The highest BCUT2D eigenvalue weighted by Crippen LogP contribution is 2.42. The number of nitrogens with zero attached hydrogens (tertiary/aromatic N) is 1. The molecule has 3 atom stereocenters. The molecule has 0 bridgehead atoms. The summed E-state index contributed by atoms with van der Waals surface area (Å²) in [5.74, 6) is -1.20. The number of ether oxygens (including phenoxy) is 1. The summed E-state index contributed by atoms with van der Waals surface area (Å²) in [6.45, 7) is 4.19. The molecule has 0 unspecified atom stereocenters. The zero-order valence-electron chi connectivity index (χ0n) is 24.9. The van der Waals surface area contributed by atoms with Crippen molar-refractivity contribution in [1.29, 1.82) is 0 Å². The van der Waals surface area contributed by atoms with Crippen LogP contribution in [0, 0.1) is 29.4 Å². The Morgan fingerprint density at radius 2 is 1.90 bits per heavy atom. The maximum atomic E-state index is 15.5. The molecular weight excluding hydrogens is 512 g/mol. The van der Waals surface area contributed by atoms with Crippen molar-refractivity contribution in [3.63, 3.8) is 0 Å². The van der Waals surface area contributed by atoms with Crippen LogP contribution in [0.25, 0.3) is 0 Å². The van der Waals surface area contributed by atoms with Gasteiger partial charge in [0, 0.05) is 51.1 Å². The van der Waals surface area contributed by atoms with Gasteiger partial charge in [-0.05, 0) is 70.0 Å². The quantitative estimate of drug-likeness (QED) is 0.259. The SMILES string of the molecule is CCC(=O)N[C@](CCCCOC)(c1cccc(F)c1F)[C@@H]1CCCN(C(=O)C[C@H](CNC)CC2CCCCC2)C1. The third-order valence-electron chi connectivity index (χ3n) is 9.10. The van der Waals surface area contributed by atoms with Gasteiger partial charge < -0.3 is 20.3 Å². The van der Waals surface area contributed by atoms with E-state index in [9.17, 15) is 14.0 Å². The Morgan fingerprint density at radius 1 is 1.12 bits per heavy atom. The lowest BCUT2D eigenvalue weighted by Crippen LogP contribution is -2.57. The molecule has 2 aliphatic rings. The number of carbonyl (C=O) groups excluding carboxylic acids is 2. The van der Waals surface area contributed by atoms with Crippen LogP contribution in [0.5, 0.6) is 0 Å². The van der Waals surface area contributed by atoms with E-state index in [0.717, 1.165) is 38.3 Å². The van der Waals surface area contributed by atoms with Crippen molar-refractivity contribution in [2.75, 3.05) is 40.4 Å². The minimum Gasteiger partial charge on any atom is -0.385 e. The molecule has 1 heterocycles. The molecular formula is C32H51F2N3O3. The number of nitrogens with one attached hydrogen (secondary N) is 2. The average molecular weight is 564 g/mol. The van der Waals surface area contributed by atoms with Crippen molar-refractivity contribution in [1.82, 2.24) is 15.5 Å². The number of likely N-dealkylation sites (tertiary alicyclic amines) is 1. The van der Waals surface area contributed by atoms with Crippen molar-refractivity contribution in [2.45, 2.75) is 95.9 Å². The van der Waals surface area contributed by atoms with Crippen molar-refractivity contribution < 1.29 is 23.1 Å². The van der Waals surface area contributed by atoms with Crippen LogP contribution >= 0.6 is 0 Å². The smallest absolute Gasteiger partial charge is 0.222 e. The van der Waals surface area contributed by atoms with Crippen LogP contribution in [0.3, 0.4) is 0 Å². The van der Waals surface area contributed by atoms with Gasteiger partial charge in [-0.25, -0.2) is 8.78 Å². The number of hydrogen-bond acceptors (Lipinski definition) is 4. The minimum atomic E-state index is -1.11. The lowest BCUT2D eigenvalue weighted by molar-refractivity contribution is -0.135. The van der Waals surface area contributed by atoms with Crippen LogP contribution in [0.1, 0.15) is 96.0 Å². The van der Waals surface area contributed by atoms with E-state index >= 15 is 4.39 Å². The van der Waals surface area contributed by atoms with Gasteiger partial charge in [-0.15, -0.1) is 0 Å². The Balaban J connectivity index is 1.86. The van der Waals surface area contributed by atoms with E-state index in [0.29, 0.717) is 44.9 Å². The number of methoxy groups -OCH3 is 1. The summed E-state index contributed by atoms with van der Waals surface area (Å²) in [6, 6.07) is 4.22. The van der Waals surface area contributed by atoms with E-state index in [1.54, 1.807) is 20.1 Å². The number of halogens is 2. The molecule has 1 aromatic carbocycles. The monoisotopic (exact) mass is 563 g/mol. The van der Waals surface area contributed by atoms with E-state index in [4.69, 9.17) is 4.74 Å². The fourth-order valence-corrected chi connectivity index (χ4v) is 7.03. The first-order valence-electron chi connectivity index (χ1n) is 15.5. The molecule has 2 amide bonds. The number of unbranched alkanes of at least 4 members (excludes halogenated alkanes) is 1. The van der Waals surface area contributed by atoms with Gasteiger partial charge in [-0.1, -0.05) is 51.2 Å². The van der Waals surface area contributed by atoms with Gasteiger partial charge in [0.15, 0.2) is 11.6 Å². The molecule has 2 fully saturated rings. The second-order valence-corrected chi connectivity index (χ2v) is 12.0. The van der Waals surface area contributed by atoms with Crippen molar-refractivity contribution >= 4 is 11.8 Å². The predicted octanol–water partition coefficient (Wildman–Crippen LogP) is 5.94. The maximum Gasteiger partial charge on any atom is 0.222 e. The van der Waals surface area contributed by atoms with E-state index in [1.807, 2.05) is 11.9 Å². The zero-order valence-corrected chi connectivity index (χ0v) is 24.9. The number of carbonyl (C=O) groups is 2. The van der Waals surface area contributed by atoms with Crippen LogP contribution in [-0.4, -0.2) is 57.1 Å². The highest BCUT2D eigenvalue weighted by molar-refractivity contribution is 5.77. The standard InChI is InChI=1S/C32H51F2N3O3/c1-4-29(38)36-32(17-8-9-19-40-3,27-15-10-16-28(33)31(27)34)26-14-11-18-37(23-26)30(39)21-25(22-35-2)20-24-12-6-5-7-13-24/h10,15-16,24-26,35H,4-9,11-14,17-23H2,1-3H3,(H,36,38)/t25-,26-,32+/m1/s1. The summed E-state index contributed by atoms with van der Waals surface area (Å²) in [6.07, 6.45) is 11.5. The number of piperidine rings is 1. The molecule has 6 nitrogen and oxygen atoms in total. The molecule has 0 spiro atoms. The first-order valence-corrected chi connectivity index (χ1v) is 15.5. The average Bonchev–Trinajstić information content (AvgIpc) is 2.96. The molecule has 8 heteroatoms. The molecule has 1 aliphatic heterocycles. The summed E-state index contributed by atoms with van der Waals surface area (Å²) >= 11 is 0. The zero-order chi connectivity index (χ0) is 29.0. The second kappa shape index (κ2) is 16.4. The van der Waals surface area contributed by atoms with Gasteiger partial charge >= 0.3 is 0 Å². The van der Waals surface area contributed by atoms with E-state index in [1.165, 1.54) is 38.2 Å². The van der Waals surface area contributed by atoms with Gasteiger partial charge in [-0.3, -0.25) is 9.59 Å². The summed E-state index contributed by atoms with van der Waals surface area (Å²) in [5.41, 5.74) is -0.935. The molecule has 1 saturated heterocycles. The molecule has 0 aromatic heterocycles. The third-order valence-corrected chi connectivity index (χ3v) is 9.10. The Hall–Kier alpha value is -2.06. The number of hydrogen-bond donors (Lipinski definition) is 2. The molecule has 1 saturated carbocycles. The number of rotatable bonds is 15. The molecule has 1 aliphatic carbocycles. The van der Waals surface area contributed by atoms with E-state index < -0.39 is 17.2 Å². The first-order chi connectivity index (χ1) is 19.3. The molecule has 3 rings (SSSR count). The van der Waals surface area contributed by atoms with Crippen LogP contribution in [0.2, 0.25) is 0 Å². The normalized spacial score (nSPS) is 20.6. The van der Waals surface area contributed by atoms with Gasteiger partial charge in [0.25, 0.3) is 0 Å². The highest BCUT2D eigenvalue weighted by atomic mass is 19.2. The lowest BCUT2D eigenvalue weighted by atomic mass is 9.70. The van der Waals surface area contributed by atoms with Gasteiger partial charge in [0.1, 0.15) is 0 Å². The Labute approximate surface area is 240 Å². The summed E-state index contributed by atoms with van der Waals surface area (Å²) in [7, 11) is 3.58. The maximum absolute atomic E-state index is 15.5. The fourth-order valence-electron chi connectivity index (χ4n) is 7.03. The lowest BCUT2D eigenvalue weighted by Gasteiger charge is -2.47. The first kappa shape index (κ1) is 32.5. The van der Waals surface area contributed by atoms with Gasteiger partial charge in [-0.2, -0.15) is 0 Å². The highest BCUT2D eigenvalue weighted by Gasteiger charge is 2.45. The van der Waals surface area contributed by atoms with Crippen LogP contribution in [0.15, 0.2) is 18.2 Å².